The second-order valence-corrected chi connectivity index (χ2v) is 6.36. The predicted octanol–water partition coefficient (Wildman–Crippen LogP) is 2.52. The van der Waals surface area contributed by atoms with Crippen LogP contribution in [0.5, 0.6) is 0 Å². The Labute approximate surface area is 105 Å². The summed E-state index contributed by atoms with van der Waals surface area (Å²) in [6.45, 7) is 14.5. The number of nitrogens with zero attached hydrogens (tertiary/aromatic N) is 2. The molecule has 0 radical (unpaired) electrons. The number of hydrogen-bond donors (Lipinski definition) is 1. The lowest BCUT2D eigenvalue weighted by atomic mass is 9.82. The van der Waals surface area contributed by atoms with E-state index in [0.29, 0.717) is 11.3 Å². The summed E-state index contributed by atoms with van der Waals surface area (Å²) >= 11 is 0. The Morgan fingerprint density at radius 2 is 2.12 bits per heavy atom. The van der Waals surface area contributed by atoms with E-state index in [9.17, 15) is 0 Å². The summed E-state index contributed by atoms with van der Waals surface area (Å²) in [5, 5.41) is 3.39. The molecule has 0 bridgehead atoms. The van der Waals surface area contributed by atoms with E-state index >= 15 is 0 Å². The van der Waals surface area contributed by atoms with Gasteiger partial charge >= 0.3 is 0 Å². The highest BCUT2D eigenvalue weighted by Gasteiger charge is 2.24. The molecule has 0 aliphatic carbocycles. The predicted molar refractivity (Wildman–Crippen MR) is 71.0 cm³/mol. The summed E-state index contributed by atoms with van der Waals surface area (Å²) in [4.78, 5) is 4.69. The highest BCUT2D eigenvalue weighted by molar-refractivity contribution is 5.19. The lowest BCUT2D eigenvalue weighted by Crippen LogP contribution is -2.28. The fourth-order valence-corrected chi connectivity index (χ4v) is 2.30. The Bertz CT molecular complexity index is 398. The van der Waals surface area contributed by atoms with Crippen molar-refractivity contribution in [3.63, 3.8) is 0 Å². The molecule has 0 saturated carbocycles. The van der Waals surface area contributed by atoms with E-state index in [1.54, 1.807) is 0 Å². The van der Waals surface area contributed by atoms with Gasteiger partial charge in [-0.3, -0.25) is 0 Å². The van der Waals surface area contributed by atoms with Gasteiger partial charge in [0.05, 0.1) is 5.69 Å². The van der Waals surface area contributed by atoms with Crippen LogP contribution in [0, 0.1) is 18.3 Å². The van der Waals surface area contributed by atoms with Crippen molar-refractivity contribution >= 4 is 0 Å². The van der Waals surface area contributed by atoms with Gasteiger partial charge < -0.3 is 9.88 Å². The van der Waals surface area contributed by atoms with Crippen LogP contribution in [0.3, 0.4) is 0 Å². The van der Waals surface area contributed by atoms with Crippen molar-refractivity contribution in [3.05, 3.63) is 17.2 Å². The molecule has 0 fully saturated rings. The Morgan fingerprint density at radius 1 is 1.41 bits per heavy atom. The van der Waals surface area contributed by atoms with E-state index in [1.165, 1.54) is 17.2 Å². The smallest absolute Gasteiger partial charge is 0.106 e. The fraction of sp³-hybridized carbons (Fsp3) is 0.786. The molecule has 0 amide bonds. The fourth-order valence-electron chi connectivity index (χ4n) is 2.30. The number of hydrogen-bond acceptors (Lipinski definition) is 2. The van der Waals surface area contributed by atoms with Gasteiger partial charge in [-0.05, 0) is 18.3 Å². The molecule has 1 aliphatic heterocycles. The van der Waals surface area contributed by atoms with Gasteiger partial charge in [-0.2, -0.15) is 0 Å². The first-order valence-electron chi connectivity index (χ1n) is 6.65. The molecule has 3 heteroatoms. The summed E-state index contributed by atoms with van der Waals surface area (Å²) in [6, 6.07) is 0. The van der Waals surface area contributed by atoms with Crippen LogP contribution in [0.4, 0.5) is 0 Å². The number of aromatic nitrogens is 2. The average Bonchev–Trinajstić information content (AvgIpc) is 2.54. The summed E-state index contributed by atoms with van der Waals surface area (Å²) in [5.41, 5.74) is 3.07. The van der Waals surface area contributed by atoms with Gasteiger partial charge in [0.2, 0.25) is 0 Å². The molecule has 3 nitrogen and oxygen atoms in total. The maximum absolute atomic E-state index is 4.69. The summed E-state index contributed by atoms with van der Waals surface area (Å²) < 4.78 is 2.44. The molecule has 0 spiro atoms. The number of aryl methyl sites for hydroxylation is 1. The molecular weight excluding hydrogens is 210 g/mol. The monoisotopic (exact) mass is 235 g/mol. The zero-order valence-electron chi connectivity index (χ0n) is 11.8. The molecule has 2 heterocycles. The standard InChI is InChI=1S/C14H25N3/c1-10(14(3,4)5)9-17-11(2)16-12-8-15-7-6-13(12)17/h10,15H,6-9H2,1-5H3. The molecule has 1 aromatic heterocycles. The maximum Gasteiger partial charge on any atom is 0.106 e. The molecular formula is C14H25N3. The Morgan fingerprint density at radius 3 is 2.76 bits per heavy atom. The highest BCUT2D eigenvalue weighted by atomic mass is 15.1. The van der Waals surface area contributed by atoms with Crippen molar-refractivity contribution in [2.75, 3.05) is 6.54 Å². The Kier molecular flexibility index (Phi) is 3.30. The van der Waals surface area contributed by atoms with Gasteiger partial charge in [-0.1, -0.05) is 27.7 Å². The largest absolute Gasteiger partial charge is 0.332 e. The van der Waals surface area contributed by atoms with Crippen LogP contribution in [0.2, 0.25) is 0 Å². The van der Waals surface area contributed by atoms with Gasteiger partial charge in [0.1, 0.15) is 5.82 Å². The van der Waals surface area contributed by atoms with E-state index in [4.69, 9.17) is 0 Å². The summed E-state index contributed by atoms with van der Waals surface area (Å²) in [5.74, 6) is 1.84. The van der Waals surface area contributed by atoms with E-state index in [2.05, 4.69) is 49.5 Å². The second-order valence-electron chi connectivity index (χ2n) is 6.36. The van der Waals surface area contributed by atoms with Crippen LogP contribution in [0.1, 0.15) is 44.9 Å². The topological polar surface area (TPSA) is 29.9 Å². The van der Waals surface area contributed by atoms with Gasteiger partial charge in [0.15, 0.2) is 0 Å². The number of imidazole rings is 1. The summed E-state index contributed by atoms with van der Waals surface area (Å²) in [6.07, 6.45) is 1.12. The average molecular weight is 235 g/mol. The van der Waals surface area contributed by atoms with Crippen LogP contribution in [-0.2, 0) is 19.5 Å². The van der Waals surface area contributed by atoms with E-state index in [-0.39, 0.29) is 0 Å². The number of rotatable bonds is 2. The zero-order valence-corrected chi connectivity index (χ0v) is 11.8. The first-order valence-corrected chi connectivity index (χ1v) is 6.65. The molecule has 1 aliphatic rings. The lowest BCUT2D eigenvalue weighted by molar-refractivity contribution is 0.229. The second kappa shape index (κ2) is 4.45. The van der Waals surface area contributed by atoms with E-state index in [1.807, 2.05) is 0 Å². The van der Waals surface area contributed by atoms with Crippen LogP contribution in [0.15, 0.2) is 0 Å². The van der Waals surface area contributed by atoms with Crippen LogP contribution in [0.25, 0.3) is 0 Å². The van der Waals surface area contributed by atoms with E-state index < -0.39 is 0 Å². The summed E-state index contributed by atoms with van der Waals surface area (Å²) in [7, 11) is 0. The molecule has 1 unspecified atom stereocenters. The van der Waals surface area contributed by atoms with Gasteiger partial charge in [-0.25, -0.2) is 4.98 Å². The maximum atomic E-state index is 4.69. The van der Waals surface area contributed by atoms with Gasteiger partial charge in [-0.15, -0.1) is 0 Å². The SMILES string of the molecule is Cc1nc2c(n1CC(C)C(C)(C)C)CCNC2. The molecule has 2 rings (SSSR count). The molecule has 17 heavy (non-hydrogen) atoms. The number of nitrogens with one attached hydrogen (secondary N) is 1. The highest BCUT2D eigenvalue weighted by Crippen LogP contribution is 2.28. The third-order valence-corrected chi connectivity index (χ3v) is 4.11. The minimum Gasteiger partial charge on any atom is -0.332 e. The lowest BCUT2D eigenvalue weighted by Gasteiger charge is -2.29. The Hall–Kier alpha value is -0.830. The van der Waals surface area contributed by atoms with Gasteiger partial charge in [0, 0.05) is 31.7 Å². The van der Waals surface area contributed by atoms with Crippen molar-refractivity contribution < 1.29 is 0 Å². The molecule has 0 aromatic carbocycles. The van der Waals surface area contributed by atoms with Crippen molar-refractivity contribution in [1.29, 1.82) is 0 Å². The normalized spacial score (nSPS) is 17.9. The van der Waals surface area contributed by atoms with Crippen LogP contribution in [-0.4, -0.2) is 16.1 Å². The quantitative estimate of drug-likeness (QED) is 0.853. The molecule has 0 saturated heterocycles. The molecule has 1 aromatic rings. The Balaban J connectivity index is 2.24. The van der Waals surface area contributed by atoms with Crippen LogP contribution >= 0.6 is 0 Å². The molecule has 96 valence electrons. The number of fused-ring (bicyclic) bond motifs is 1. The molecule has 1 atom stereocenters. The molecule has 1 N–H and O–H groups in total. The minimum absolute atomic E-state index is 0.358. The van der Waals surface area contributed by atoms with Crippen LogP contribution < -0.4 is 5.32 Å². The third kappa shape index (κ3) is 2.54. The van der Waals surface area contributed by atoms with Crippen molar-refractivity contribution in [3.8, 4) is 0 Å². The first-order chi connectivity index (χ1) is 7.89. The first kappa shape index (κ1) is 12.6. The van der Waals surface area contributed by atoms with Crippen molar-refractivity contribution in [2.24, 2.45) is 11.3 Å². The minimum atomic E-state index is 0.358. The van der Waals surface area contributed by atoms with Gasteiger partial charge in [0.25, 0.3) is 0 Å². The zero-order chi connectivity index (χ0) is 12.6. The van der Waals surface area contributed by atoms with E-state index in [0.717, 1.165) is 26.1 Å². The van der Waals surface area contributed by atoms with Crippen molar-refractivity contribution in [2.45, 2.75) is 54.1 Å². The van der Waals surface area contributed by atoms with Crippen molar-refractivity contribution in [1.82, 2.24) is 14.9 Å². The third-order valence-electron chi connectivity index (χ3n) is 4.11.